The summed E-state index contributed by atoms with van der Waals surface area (Å²) in [5.74, 6) is 1.41. The van der Waals surface area contributed by atoms with Gasteiger partial charge >= 0.3 is 0 Å². The molecule has 2 rings (SSSR count). The third kappa shape index (κ3) is 3.00. The van der Waals surface area contributed by atoms with Crippen LogP contribution < -0.4 is 10.1 Å². The van der Waals surface area contributed by atoms with Crippen LogP contribution in [0.3, 0.4) is 0 Å². The van der Waals surface area contributed by atoms with E-state index in [4.69, 9.17) is 16.3 Å². The highest BCUT2D eigenvalue weighted by Gasteiger charge is 2.08. The number of hydrogen-bond donors (Lipinski definition) is 1. The second-order valence-electron chi connectivity index (χ2n) is 3.98. The van der Waals surface area contributed by atoms with Crippen LogP contribution in [0.5, 0.6) is 11.5 Å². The fourth-order valence-electron chi connectivity index (χ4n) is 1.62. The third-order valence-electron chi connectivity index (χ3n) is 2.74. The zero-order chi connectivity index (χ0) is 13.0. The average molecular weight is 263 g/mol. The SMILES string of the molecule is CNC(C)c1ccc(Oc2cccnc2)cc1Cl. The van der Waals surface area contributed by atoms with E-state index in [0.29, 0.717) is 16.5 Å². The van der Waals surface area contributed by atoms with Gasteiger partial charge in [-0.15, -0.1) is 0 Å². The van der Waals surface area contributed by atoms with Gasteiger partial charge in [0.15, 0.2) is 0 Å². The Morgan fingerprint density at radius 3 is 2.72 bits per heavy atom. The van der Waals surface area contributed by atoms with Gasteiger partial charge in [-0.1, -0.05) is 17.7 Å². The molecule has 0 fully saturated rings. The summed E-state index contributed by atoms with van der Waals surface area (Å²) in [5, 5.41) is 3.85. The lowest BCUT2D eigenvalue weighted by Gasteiger charge is -2.13. The van der Waals surface area contributed by atoms with Gasteiger partial charge < -0.3 is 10.1 Å². The summed E-state index contributed by atoms with van der Waals surface area (Å²) >= 11 is 6.23. The molecule has 0 aliphatic rings. The van der Waals surface area contributed by atoms with Crippen LogP contribution in [0.15, 0.2) is 42.7 Å². The largest absolute Gasteiger partial charge is 0.456 e. The molecule has 0 bridgehead atoms. The van der Waals surface area contributed by atoms with E-state index >= 15 is 0 Å². The molecule has 0 spiro atoms. The van der Waals surface area contributed by atoms with Crippen LogP contribution in [-0.4, -0.2) is 12.0 Å². The highest BCUT2D eigenvalue weighted by molar-refractivity contribution is 6.31. The number of halogens is 1. The number of pyridine rings is 1. The topological polar surface area (TPSA) is 34.1 Å². The molecule has 1 aromatic carbocycles. The zero-order valence-electron chi connectivity index (χ0n) is 10.4. The van der Waals surface area contributed by atoms with Crippen LogP contribution in [0, 0.1) is 0 Å². The molecule has 18 heavy (non-hydrogen) atoms. The lowest BCUT2D eigenvalue weighted by molar-refractivity contribution is 0.479. The minimum atomic E-state index is 0.213. The Labute approximate surface area is 112 Å². The smallest absolute Gasteiger partial charge is 0.145 e. The number of nitrogens with zero attached hydrogens (tertiary/aromatic N) is 1. The van der Waals surface area contributed by atoms with E-state index in [1.807, 2.05) is 37.4 Å². The van der Waals surface area contributed by atoms with Gasteiger partial charge in [0.05, 0.1) is 6.20 Å². The molecule has 1 atom stereocenters. The first-order valence-electron chi connectivity index (χ1n) is 5.75. The van der Waals surface area contributed by atoms with E-state index in [0.717, 1.165) is 5.56 Å². The van der Waals surface area contributed by atoms with Gasteiger partial charge in [0.1, 0.15) is 11.5 Å². The molecule has 0 saturated carbocycles. The van der Waals surface area contributed by atoms with Crippen molar-refractivity contribution in [1.82, 2.24) is 10.3 Å². The van der Waals surface area contributed by atoms with Gasteiger partial charge in [0.25, 0.3) is 0 Å². The molecule has 1 N–H and O–H groups in total. The van der Waals surface area contributed by atoms with Crippen LogP contribution in [0.1, 0.15) is 18.5 Å². The summed E-state index contributed by atoms with van der Waals surface area (Å²) in [6.45, 7) is 2.06. The zero-order valence-corrected chi connectivity index (χ0v) is 11.1. The Bertz CT molecular complexity index is 516. The molecular formula is C14H15ClN2O. The molecule has 2 aromatic rings. The number of aromatic nitrogens is 1. The van der Waals surface area contributed by atoms with E-state index < -0.39 is 0 Å². The Balaban J connectivity index is 2.19. The van der Waals surface area contributed by atoms with Crippen molar-refractivity contribution in [3.05, 3.63) is 53.3 Å². The summed E-state index contributed by atoms with van der Waals surface area (Å²) in [7, 11) is 1.90. The van der Waals surface area contributed by atoms with Gasteiger partial charge in [0.2, 0.25) is 0 Å². The van der Waals surface area contributed by atoms with Crippen LogP contribution in [0.4, 0.5) is 0 Å². The van der Waals surface area contributed by atoms with E-state index in [1.54, 1.807) is 12.4 Å². The first kappa shape index (κ1) is 12.9. The summed E-state index contributed by atoms with van der Waals surface area (Å²) in [6, 6.07) is 9.58. The maximum atomic E-state index is 6.23. The molecule has 0 aliphatic carbocycles. The highest BCUT2D eigenvalue weighted by Crippen LogP contribution is 2.29. The van der Waals surface area contributed by atoms with Crippen molar-refractivity contribution < 1.29 is 4.74 Å². The standard InChI is InChI=1S/C14H15ClN2O/c1-10(16-2)13-6-5-11(8-14(13)15)18-12-4-3-7-17-9-12/h3-10,16H,1-2H3. The minimum absolute atomic E-state index is 0.213. The summed E-state index contributed by atoms with van der Waals surface area (Å²) < 4.78 is 5.66. The van der Waals surface area contributed by atoms with Crippen molar-refractivity contribution in [3.8, 4) is 11.5 Å². The summed E-state index contributed by atoms with van der Waals surface area (Å²) in [5.41, 5.74) is 1.05. The first-order chi connectivity index (χ1) is 8.70. The summed E-state index contributed by atoms with van der Waals surface area (Å²) in [6.07, 6.45) is 3.37. The normalized spacial score (nSPS) is 12.2. The number of hydrogen-bond acceptors (Lipinski definition) is 3. The number of benzene rings is 1. The fourth-order valence-corrected chi connectivity index (χ4v) is 1.96. The van der Waals surface area contributed by atoms with Crippen LogP contribution in [0.25, 0.3) is 0 Å². The molecule has 4 heteroatoms. The van der Waals surface area contributed by atoms with Crippen molar-refractivity contribution in [2.45, 2.75) is 13.0 Å². The second-order valence-corrected chi connectivity index (χ2v) is 4.39. The Morgan fingerprint density at radius 1 is 1.28 bits per heavy atom. The lowest BCUT2D eigenvalue weighted by atomic mass is 10.1. The van der Waals surface area contributed by atoms with Crippen molar-refractivity contribution >= 4 is 11.6 Å². The Morgan fingerprint density at radius 2 is 2.11 bits per heavy atom. The lowest BCUT2D eigenvalue weighted by Crippen LogP contribution is -2.12. The van der Waals surface area contributed by atoms with Gasteiger partial charge in [-0.25, -0.2) is 0 Å². The van der Waals surface area contributed by atoms with Gasteiger partial charge in [-0.3, -0.25) is 4.98 Å². The number of ether oxygens (including phenoxy) is 1. The molecule has 0 saturated heterocycles. The molecule has 0 amide bonds. The molecule has 0 aliphatic heterocycles. The fraction of sp³-hybridized carbons (Fsp3) is 0.214. The summed E-state index contributed by atoms with van der Waals surface area (Å²) in [4.78, 5) is 3.99. The Hall–Kier alpha value is -1.58. The highest BCUT2D eigenvalue weighted by atomic mass is 35.5. The van der Waals surface area contributed by atoms with Crippen molar-refractivity contribution in [1.29, 1.82) is 0 Å². The van der Waals surface area contributed by atoms with Crippen LogP contribution in [-0.2, 0) is 0 Å². The van der Waals surface area contributed by atoms with E-state index in [9.17, 15) is 0 Å². The predicted molar refractivity (Wildman–Crippen MR) is 73.2 cm³/mol. The van der Waals surface area contributed by atoms with E-state index in [2.05, 4.69) is 17.2 Å². The van der Waals surface area contributed by atoms with Crippen LogP contribution >= 0.6 is 11.6 Å². The molecule has 1 unspecified atom stereocenters. The molecule has 94 valence electrons. The number of rotatable bonds is 4. The third-order valence-corrected chi connectivity index (χ3v) is 3.07. The van der Waals surface area contributed by atoms with Gasteiger partial charge in [-0.05, 0) is 43.8 Å². The predicted octanol–water partition coefficient (Wildman–Crippen LogP) is 3.81. The quantitative estimate of drug-likeness (QED) is 0.910. The first-order valence-corrected chi connectivity index (χ1v) is 6.13. The molecule has 0 radical (unpaired) electrons. The van der Waals surface area contributed by atoms with Crippen molar-refractivity contribution in [2.24, 2.45) is 0 Å². The minimum Gasteiger partial charge on any atom is -0.456 e. The van der Waals surface area contributed by atoms with Gasteiger partial charge in [0, 0.05) is 17.3 Å². The maximum Gasteiger partial charge on any atom is 0.145 e. The maximum absolute atomic E-state index is 6.23. The van der Waals surface area contributed by atoms with Crippen molar-refractivity contribution in [3.63, 3.8) is 0 Å². The monoisotopic (exact) mass is 262 g/mol. The molecule has 1 aromatic heterocycles. The van der Waals surface area contributed by atoms with Crippen LogP contribution in [0.2, 0.25) is 5.02 Å². The van der Waals surface area contributed by atoms with Crippen molar-refractivity contribution in [2.75, 3.05) is 7.05 Å². The number of nitrogens with one attached hydrogen (secondary N) is 1. The Kier molecular flexibility index (Phi) is 4.18. The van der Waals surface area contributed by atoms with E-state index in [-0.39, 0.29) is 6.04 Å². The second kappa shape index (κ2) is 5.85. The molecule has 1 heterocycles. The molecular weight excluding hydrogens is 248 g/mol. The molecule has 3 nitrogen and oxygen atoms in total. The average Bonchev–Trinajstić information content (AvgIpc) is 2.39. The van der Waals surface area contributed by atoms with Gasteiger partial charge in [-0.2, -0.15) is 0 Å². The van der Waals surface area contributed by atoms with E-state index in [1.165, 1.54) is 0 Å².